The minimum Gasteiger partial charge on any atom is -0.506 e. The second kappa shape index (κ2) is 3.15. The molecule has 0 radical (unpaired) electrons. The quantitative estimate of drug-likeness (QED) is 0.494. The number of Topliss-reactive ketones (excluding diaryl/α,β-unsaturated/α-hetero) is 1. The summed E-state index contributed by atoms with van der Waals surface area (Å²) in [7, 11) is 0. The zero-order chi connectivity index (χ0) is 10.0. The topological polar surface area (TPSA) is 87.1 Å². The fourth-order valence-corrected chi connectivity index (χ4v) is 1.07. The monoisotopic (exact) mass is 176 g/mol. The van der Waals surface area contributed by atoms with Gasteiger partial charge in [-0.05, 0) is 19.1 Å². The molecule has 0 heterocycles. The Morgan fingerprint density at radius 1 is 1.62 bits per heavy atom. The van der Waals surface area contributed by atoms with Gasteiger partial charge in [-0.3, -0.25) is 4.79 Å². The number of anilines is 1. The van der Waals surface area contributed by atoms with Crippen molar-refractivity contribution in [1.29, 1.82) is 5.26 Å². The predicted octanol–water partition coefficient (Wildman–Crippen LogP) is 1.05. The van der Waals surface area contributed by atoms with Crippen LogP contribution in [0.5, 0.6) is 5.75 Å². The molecule has 0 saturated heterocycles. The molecule has 13 heavy (non-hydrogen) atoms. The van der Waals surface area contributed by atoms with E-state index in [4.69, 9.17) is 11.0 Å². The lowest BCUT2D eigenvalue weighted by atomic mass is 10.0. The number of rotatable bonds is 1. The lowest BCUT2D eigenvalue weighted by molar-refractivity contribution is 0.101. The van der Waals surface area contributed by atoms with Gasteiger partial charge in [0.2, 0.25) is 0 Å². The summed E-state index contributed by atoms with van der Waals surface area (Å²) in [5.74, 6) is -0.692. The van der Waals surface area contributed by atoms with Crippen LogP contribution in [-0.2, 0) is 0 Å². The summed E-state index contributed by atoms with van der Waals surface area (Å²) in [6, 6.07) is 4.56. The van der Waals surface area contributed by atoms with Crippen LogP contribution in [0.15, 0.2) is 12.1 Å². The molecule has 66 valence electrons. The van der Waals surface area contributed by atoms with Gasteiger partial charge < -0.3 is 10.8 Å². The molecule has 0 aliphatic carbocycles. The van der Waals surface area contributed by atoms with Crippen molar-refractivity contribution in [2.75, 3.05) is 5.73 Å². The molecule has 0 saturated carbocycles. The van der Waals surface area contributed by atoms with E-state index in [1.165, 1.54) is 19.1 Å². The highest BCUT2D eigenvalue weighted by atomic mass is 16.3. The van der Waals surface area contributed by atoms with Gasteiger partial charge in [-0.1, -0.05) is 0 Å². The second-order valence-electron chi connectivity index (χ2n) is 2.59. The average Bonchev–Trinajstić information content (AvgIpc) is 2.04. The smallest absolute Gasteiger partial charge is 0.165 e. The number of phenols is 1. The molecule has 0 atom stereocenters. The standard InChI is InChI=1S/C9H8N2O2/c1-5(12)8-7(11)3-2-6(4-10)9(8)13/h2-3,13H,11H2,1H3. The van der Waals surface area contributed by atoms with Crippen molar-refractivity contribution >= 4 is 11.5 Å². The van der Waals surface area contributed by atoms with Crippen LogP contribution in [0, 0.1) is 11.3 Å². The van der Waals surface area contributed by atoms with E-state index < -0.39 is 0 Å². The SMILES string of the molecule is CC(=O)c1c(N)ccc(C#N)c1O. The molecule has 0 bridgehead atoms. The molecular weight excluding hydrogens is 168 g/mol. The first-order valence-electron chi connectivity index (χ1n) is 3.60. The van der Waals surface area contributed by atoms with Gasteiger partial charge in [0.25, 0.3) is 0 Å². The Bertz CT molecular complexity index is 405. The first kappa shape index (κ1) is 9.07. The molecule has 4 heteroatoms. The predicted molar refractivity (Wildman–Crippen MR) is 47.2 cm³/mol. The van der Waals surface area contributed by atoms with E-state index in [1.807, 2.05) is 0 Å². The fourth-order valence-electron chi connectivity index (χ4n) is 1.07. The Morgan fingerprint density at radius 3 is 2.69 bits per heavy atom. The molecule has 1 aromatic carbocycles. The number of nitrogens with two attached hydrogens (primary N) is 1. The molecule has 0 fully saturated rings. The second-order valence-corrected chi connectivity index (χ2v) is 2.59. The molecule has 3 N–H and O–H groups in total. The van der Waals surface area contributed by atoms with Crippen LogP contribution >= 0.6 is 0 Å². The fraction of sp³-hybridized carbons (Fsp3) is 0.111. The number of nitriles is 1. The molecular formula is C9H8N2O2. The number of phenolic OH excluding ortho intramolecular Hbond substituents is 1. The van der Waals surface area contributed by atoms with Crippen molar-refractivity contribution in [1.82, 2.24) is 0 Å². The molecule has 1 rings (SSSR count). The first-order valence-corrected chi connectivity index (χ1v) is 3.60. The van der Waals surface area contributed by atoms with Gasteiger partial charge in [-0.2, -0.15) is 5.26 Å². The van der Waals surface area contributed by atoms with E-state index in [1.54, 1.807) is 6.07 Å². The van der Waals surface area contributed by atoms with Crippen LogP contribution in [0.2, 0.25) is 0 Å². The first-order chi connectivity index (χ1) is 6.07. The molecule has 0 aliphatic rings. The zero-order valence-electron chi connectivity index (χ0n) is 7.03. The van der Waals surface area contributed by atoms with Crippen molar-refractivity contribution in [2.45, 2.75) is 6.92 Å². The van der Waals surface area contributed by atoms with Crippen LogP contribution in [0.25, 0.3) is 0 Å². The van der Waals surface area contributed by atoms with E-state index in [9.17, 15) is 9.90 Å². The normalized spacial score (nSPS) is 9.23. The lowest BCUT2D eigenvalue weighted by Gasteiger charge is -2.05. The Balaban J connectivity index is 3.50. The van der Waals surface area contributed by atoms with Crippen LogP contribution in [0.3, 0.4) is 0 Å². The summed E-state index contributed by atoms with van der Waals surface area (Å²) in [6.07, 6.45) is 0. The van der Waals surface area contributed by atoms with Gasteiger partial charge in [0.05, 0.1) is 11.1 Å². The molecule has 0 amide bonds. The number of hydrogen-bond acceptors (Lipinski definition) is 4. The van der Waals surface area contributed by atoms with Gasteiger partial charge in [0, 0.05) is 5.69 Å². The minimum atomic E-state index is -0.355. The number of ketones is 1. The van der Waals surface area contributed by atoms with Gasteiger partial charge in [-0.25, -0.2) is 0 Å². The Morgan fingerprint density at radius 2 is 2.23 bits per heavy atom. The molecule has 1 aromatic rings. The maximum atomic E-state index is 11.0. The highest BCUT2D eigenvalue weighted by Gasteiger charge is 2.13. The number of carbonyl (C=O) groups is 1. The third-order valence-electron chi connectivity index (χ3n) is 1.68. The molecule has 0 spiro atoms. The van der Waals surface area contributed by atoms with E-state index in [0.717, 1.165) is 0 Å². The summed E-state index contributed by atoms with van der Waals surface area (Å²) in [5, 5.41) is 18.0. The maximum Gasteiger partial charge on any atom is 0.165 e. The summed E-state index contributed by atoms with van der Waals surface area (Å²) in [4.78, 5) is 11.0. The van der Waals surface area contributed by atoms with Gasteiger partial charge in [-0.15, -0.1) is 0 Å². The van der Waals surface area contributed by atoms with Crippen molar-refractivity contribution in [2.24, 2.45) is 0 Å². The van der Waals surface area contributed by atoms with Crippen molar-refractivity contribution in [3.8, 4) is 11.8 Å². The van der Waals surface area contributed by atoms with Gasteiger partial charge in [0.1, 0.15) is 11.8 Å². The van der Waals surface area contributed by atoms with E-state index >= 15 is 0 Å². The summed E-state index contributed by atoms with van der Waals surface area (Å²) >= 11 is 0. The van der Waals surface area contributed by atoms with E-state index in [0.29, 0.717) is 0 Å². The molecule has 0 aliphatic heterocycles. The number of carbonyl (C=O) groups excluding carboxylic acids is 1. The van der Waals surface area contributed by atoms with Crippen molar-refractivity contribution in [3.05, 3.63) is 23.3 Å². The maximum absolute atomic E-state index is 11.0. The van der Waals surface area contributed by atoms with Crippen LogP contribution in [-0.4, -0.2) is 10.9 Å². The van der Waals surface area contributed by atoms with Crippen molar-refractivity contribution in [3.63, 3.8) is 0 Å². The minimum absolute atomic E-state index is 0.0130. The number of nitrogen functional groups attached to an aromatic ring is 1. The largest absolute Gasteiger partial charge is 0.506 e. The third kappa shape index (κ3) is 1.44. The average molecular weight is 176 g/mol. The highest BCUT2D eigenvalue weighted by Crippen LogP contribution is 2.27. The lowest BCUT2D eigenvalue weighted by Crippen LogP contribution is -2.01. The number of aromatic hydroxyl groups is 1. The van der Waals surface area contributed by atoms with E-state index in [2.05, 4.69) is 0 Å². The Kier molecular flexibility index (Phi) is 2.20. The Labute approximate surface area is 75.2 Å². The van der Waals surface area contributed by atoms with Crippen LogP contribution in [0.4, 0.5) is 5.69 Å². The van der Waals surface area contributed by atoms with Crippen molar-refractivity contribution < 1.29 is 9.90 Å². The Hall–Kier alpha value is -2.02. The molecule has 0 unspecified atom stereocenters. The van der Waals surface area contributed by atoms with E-state index in [-0.39, 0.29) is 28.3 Å². The summed E-state index contributed by atoms with van der Waals surface area (Å²) in [5.41, 5.74) is 5.71. The zero-order valence-corrected chi connectivity index (χ0v) is 7.03. The summed E-state index contributed by atoms with van der Waals surface area (Å²) in [6.45, 7) is 1.28. The number of hydrogen-bond donors (Lipinski definition) is 2. The number of benzene rings is 1. The third-order valence-corrected chi connectivity index (χ3v) is 1.68. The number of nitrogens with zero attached hydrogens (tertiary/aromatic N) is 1. The van der Waals surface area contributed by atoms with Crippen LogP contribution in [0.1, 0.15) is 22.8 Å². The van der Waals surface area contributed by atoms with Gasteiger partial charge >= 0.3 is 0 Å². The van der Waals surface area contributed by atoms with Crippen LogP contribution < -0.4 is 5.73 Å². The summed E-state index contributed by atoms with van der Waals surface area (Å²) < 4.78 is 0. The highest BCUT2D eigenvalue weighted by molar-refractivity contribution is 6.02. The van der Waals surface area contributed by atoms with Gasteiger partial charge in [0.15, 0.2) is 5.78 Å². The molecule has 0 aromatic heterocycles. The molecule has 4 nitrogen and oxygen atoms in total.